The molecule has 1 unspecified atom stereocenters. The summed E-state index contributed by atoms with van der Waals surface area (Å²) < 4.78 is 11.2. The maximum atomic E-state index is 13.1. The van der Waals surface area contributed by atoms with Gasteiger partial charge in [0.25, 0.3) is 0 Å². The van der Waals surface area contributed by atoms with Gasteiger partial charge in [0, 0.05) is 31.4 Å². The second-order valence-electron chi connectivity index (χ2n) is 9.44. The molecule has 2 heterocycles. The van der Waals surface area contributed by atoms with Gasteiger partial charge < -0.3 is 24.8 Å². The molecule has 2 N–H and O–H groups in total. The second-order valence-corrected chi connectivity index (χ2v) is 9.44. The summed E-state index contributed by atoms with van der Waals surface area (Å²) >= 11 is 0. The Balaban J connectivity index is 1.20. The number of hydrogen-bond donors (Lipinski definition) is 2. The van der Waals surface area contributed by atoms with Crippen molar-refractivity contribution < 1.29 is 29.0 Å². The zero-order valence-electron chi connectivity index (χ0n) is 19.7. The number of rotatable bonds is 7. The van der Waals surface area contributed by atoms with E-state index in [2.05, 4.69) is 29.6 Å². The lowest BCUT2D eigenvalue weighted by molar-refractivity contribution is -0.149. The van der Waals surface area contributed by atoms with E-state index in [1.165, 1.54) is 4.90 Å². The third-order valence-corrected chi connectivity index (χ3v) is 7.48. The summed E-state index contributed by atoms with van der Waals surface area (Å²) in [4.78, 5) is 39.0. The van der Waals surface area contributed by atoms with Crippen LogP contribution in [0.25, 0.3) is 11.1 Å². The molecule has 184 valence electrons. The number of fused-ring (bicyclic) bond motifs is 4. The number of carboxylic acids is 1. The number of carbonyl (C=O) groups is 3. The van der Waals surface area contributed by atoms with Crippen molar-refractivity contribution in [2.24, 2.45) is 0 Å². The van der Waals surface area contributed by atoms with Crippen LogP contribution in [-0.4, -0.2) is 65.4 Å². The van der Waals surface area contributed by atoms with E-state index < -0.39 is 24.1 Å². The quantitative estimate of drug-likeness (QED) is 0.631. The third kappa shape index (κ3) is 4.38. The van der Waals surface area contributed by atoms with E-state index in [4.69, 9.17) is 9.47 Å². The molecule has 0 radical (unpaired) electrons. The van der Waals surface area contributed by atoms with Crippen LogP contribution < -0.4 is 5.32 Å². The van der Waals surface area contributed by atoms with Crippen molar-refractivity contribution in [3.05, 3.63) is 59.7 Å². The van der Waals surface area contributed by atoms with E-state index in [0.29, 0.717) is 25.9 Å². The first-order chi connectivity index (χ1) is 17.0. The Morgan fingerprint density at radius 2 is 1.77 bits per heavy atom. The molecule has 3 aliphatic rings. The van der Waals surface area contributed by atoms with E-state index in [1.54, 1.807) is 0 Å². The first kappa shape index (κ1) is 23.4. The minimum atomic E-state index is -1.02. The molecule has 4 atom stereocenters. The van der Waals surface area contributed by atoms with E-state index in [1.807, 2.05) is 31.2 Å². The number of hydrogen-bond acceptors (Lipinski definition) is 5. The molecule has 1 aliphatic carbocycles. The van der Waals surface area contributed by atoms with Crippen molar-refractivity contribution in [3.8, 4) is 11.1 Å². The fourth-order valence-corrected chi connectivity index (χ4v) is 5.74. The Labute approximate surface area is 204 Å². The lowest BCUT2D eigenvalue weighted by atomic mass is 9.98. The number of benzene rings is 2. The summed E-state index contributed by atoms with van der Waals surface area (Å²) in [6.07, 6.45) is 0.680. The van der Waals surface area contributed by atoms with Crippen molar-refractivity contribution in [2.75, 3.05) is 13.2 Å². The first-order valence-electron chi connectivity index (χ1n) is 12.2. The van der Waals surface area contributed by atoms with Gasteiger partial charge in [-0.2, -0.15) is 0 Å². The smallest absolute Gasteiger partial charge is 0.407 e. The molecule has 8 heteroatoms. The van der Waals surface area contributed by atoms with Gasteiger partial charge in [0.15, 0.2) is 0 Å². The summed E-state index contributed by atoms with van der Waals surface area (Å²) in [6, 6.07) is 14.7. The first-order valence-corrected chi connectivity index (χ1v) is 12.2. The number of nitrogens with one attached hydrogen (secondary N) is 1. The van der Waals surface area contributed by atoms with Gasteiger partial charge in [-0.3, -0.25) is 4.79 Å². The topological polar surface area (TPSA) is 105 Å². The van der Waals surface area contributed by atoms with Gasteiger partial charge in [-0.25, -0.2) is 9.59 Å². The fourth-order valence-electron chi connectivity index (χ4n) is 5.74. The van der Waals surface area contributed by atoms with Crippen molar-refractivity contribution in [2.45, 2.75) is 62.8 Å². The number of likely N-dealkylation sites (tertiary alicyclic amines) is 1. The monoisotopic (exact) mass is 478 g/mol. The maximum Gasteiger partial charge on any atom is 0.407 e. The molecule has 8 nitrogen and oxygen atoms in total. The molecule has 0 aromatic heterocycles. The molecule has 2 amide bonds. The van der Waals surface area contributed by atoms with Crippen molar-refractivity contribution in [3.63, 3.8) is 0 Å². The summed E-state index contributed by atoms with van der Waals surface area (Å²) in [5.74, 6) is -1.34. The lowest BCUT2D eigenvalue weighted by Gasteiger charge is -2.28. The normalized spacial score (nSPS) is 23.3. The lowest BCUT2D eigenvalue weighted by Crippen LogP contribution is -2.48. The van der Waals surface area contributed by atoms with Crippen LogP contribution in [0.5, 0.6) is 0 Å². The molecule has 2 aromatic carbocycles. The van der Waals surface area contributed by atoms with Crippen LogP contribution >= 0.6 is 0 Å². The number of carbonyl (C=O) groups excluding carboxylic acids is 2. The van der Waals surface area contributed by atoms with Gasteiger partial charge >= 0.3 is 12.1 Å². The average molecular weight is 479 g/mol. The Hall–Kier alpha value is -3.39. The number of ether oxygens (including phenoxy) is 2. The Morgan fingerprint density at radius 3 is 2.40 bits per heavy atom. The number of aliphatic carboxylic acids is 1. The van der Waals surface area contributed by atoms with Crippen LogP contribution in [0.1, 0.15) is 49.7 Å². The molecule has 0 saturated carbocycles. The molecular weight excluding hydrogens is 448 g/mol. The van der Waals surface area contributed by atoms with Crippen LogP contribution in [0.15, 0.2) is 48.5 Å². The van der Waals surface area contributed by atoms with Crippen LogP contribution in [0, 0.1) is 0 Å². The highest BCUT2D eigenvalue weighted by Crippen LogP contribution is 2.44. The molecule has 2 saturated heterocycles. The molecule has 2 fully saturated rings. The molecule has 2 aromatic rings. The van der Waals surface area contributed by atoms with Gasteiger partial charge in [0.05, 0.1) is 12.1 Å². The van der Waals surface area contributed by atoms with E-state index >= 15 is 0 Å². The summed E-state index contributed by atoms with van der Waals surface area (Å²) in [6.45, 7) is 2.60. The predicted octanol–water partition coefficient (Wildman–Crippen LogP) is 3.54. The van der Waals surface area contributed by atoms with Gasteiger partial charge in [-0.15, -0.1) is 0 Å². The standard InChI is InChI=1S/C27H30N2O6/c1-2-16(13-25(30)29-22-11-12-34-24(22)14-23(29)26(31)32)28-27(33)35-15-21-19-9-5-3-7-17(19)18-8-4-6-10-20(18)21/h3-10,16,21-24H,2,11-15H2,1H3,(H,28,33)(H,31,32)/t16-,22-,23?,24-/m0/s1. The van der Waals surface area contributed by atoms with E-state index in [0.717, 1.165) is 22.3 Å². The predicted molar refractivity (Wildman–Crippen MR) is 128 cm³/mol. The van der Waals surface area contributed by atoms with Crippen LogP contribution in [-0.2, 0) is 19.1 Å². The zero-order valence-corrected chi connectivity index (χ0v) is 19.7. The fraction of sp³-hybridized carbons (Fsp3) is 0.444. The van der Waals surface area contributed by atoms with Crippen molar-refractivity contribution in [1.29, 1.82) is 0 Å². The van der Waals surface area contributed by atoms with Gasteiger partial charge in [0.2, 0.25) is 5.91 Å². The molecular formula is C27H30N2O6. The Bertz CT molecular complexity index is 1090. The third-order valence-electron chi connectivity index (χ3n) is 7.48. The maximum absolute atomic E-state index is 13.1. The van der Waals surface area contributed by atoms with Crippen molar-refractivity contribution in [1.82, 2.24) is 10.2 Å². The molecule has 2 aliphatic heterocycles. The minimum absolute atomic E-state index is 0.0215. The average Bonchev–Trinajstić information content (AvgIpc) is 3.54. The largest absolute Gasteiger partial charge is 0.480 e. The van der Waals surface area contributed by atoms with Gasteiger partial charge in [-0.1, -0.05) is 55.5 Å². The highest BCUT2D eigenvalue weighted by Gasteiger charge is 2.49. The Kier molecular flexibility index (Phi) is 6.47. The number of alkyl carbamates (subject to hydrolysis) is 1. The SMILES string of the molecule is CC[C@@H](CC(=O)N1C(C(=O)O)C[C@@H]2OCC[C@@H]21)NC(=O)OCC1c2ccccc2-c2ccccc21. The zero-order chi connectivity index (χ0) is 24.5. The summed E-state index contributed by atoms with van der Waals surface area (Å²) in [5, 5.41) is 12.4. The summed E-state index contributed by atoms with van der Waals surface area (Å²) in [7, 11) is 0. The Morgan fingerprint density at radius 1 is 1.11 bits per heavy atom. The van der Waals surface area contributed by atoms with Crippen molar-refractivity contribution >= 4 is 18.0 Å². The molecule has 35 heavy (non-hydrogen) atoms. The number of amides is 2. The highest BCUT2D eigenvalue weighted by molar-refractivity contribution is 5.85. The van der Waals surface area contributed by atoms with E-state index in [9.17, 15) is 19.5 Å². The summed E-state index contributed by atoms with van der Waals surface area (Å²) in [5.41, 5.74) is 4.57. The van der Waals surface area contributed by atoms with Crippen LogP contribution in [0.2, 0.25) is 0 Å². The highest BCUT2D eigenvalue weighted by atomic mass is 16.5. The van der Waals surface area contributed by atoms with E-state index in [-0.39, 0.29) is 37.0 Å². The van der Waals surface area contributed by atoms with Gasteiger partial charge in [-0.05, 0) is 35.1 Å². The molecule has 0 bridgehead atoms. The number of carboxylic acid groups (broad SMARTS) is 1. The molecule has 0 spiro atoms. The van der Waals surface area contributed by atoms with Crippen LogP contribution in [0.3, 0.4) is 0 Å². The molecule has 5 rings (SSSR count). The second kappa shape index (κ2) is 9.70. The van der Waals surface area contributed by atoms with Crippen LogP contribution in [0.4, 0.5) is 4.79 Å². The number of nitrogens with zero attached hydrogens (tertiary/aromatic N) is 1. The van der Waals surface area contributed by atoms with Gasteiger partial charge in [0.1, 0.15) is 12.6 Å². The minimum Gasteiger partial charge on any atom is -0.480 e.